The zero-order chi connectivity index (χ0) is 14.3. The lowest BCUT2D eigenvalue weighted by molar-refractivity contribution is -0.137. The third kappa shape index (κ3) is 5.96. The number of carboxylic acids is 1. The maximum absolute atomic E-state index is 12.7. The van der Waals surface area contributed by atoms with E-state index < -0.39 is 17.9 Å². The molecule has 1 aromatic rings. The van der Waals surface area contributed by atoms with Crippen LogP contribution in [0, 0.1) is 5.82 Å². The summed E-state index contributed by atoms with van der Waals surface area (Å²) in [5.74, 6) is -1.83. The predicted molar refractivity (Wildman–Crippen MR) is 68.0 cm³/mol. The summed E-state index contributed by atoms with van der Waals surface area (Å²) in [5.41, 5.74) is 6.10. The fraction of sp³-hybridized carbons (Fsp3) is 0.385. The van der Waals surface area contributed by atoms with Crippen molar-refractivity contribution in [2.24, 2.45) is 5.73 Å². The molecular formula is C13H17FN2O3. The van der Waals surface area contributed by atoms with Gasteiger partial charge in [0, 0.05) is 6.42 Å². The summed E-state index contributed by atoms with van der Waals surface area (Å²) in [7, 11) is 0. The van der Waals surface area contributed by atoms with E-state index in [0.29, 0.717) is 13.0 Å². The molecule has 0 unspecified atom stereocenters. The van der Waals surface area contributed by atoms with E-state index in [1.54, 1.807) is 12.1 Å². The van der Waals surface area contributed by atoms with Crippen LogP contribution >= 0.6 is 0 Å². The Hall–Kier alpha value is -1.95. The van der Waals surface area contributed by atoms with Gasteiger partial charge < -0.3 is 16.2 Å². The topological polar surface area (TPSA) is 92.4 Å². The van der Waals surface area contributed by atoms with Crippen molar-refractivity contribution in [2.75, 3.05) is 6.54 Å². The molecule has 0 aromatic heterocycles. The molecule has 0 spiro atoms. The van der Waals surface area contributed by atoms with Crippen LogP contribution in [-0.4, -0.2) is 29.6 Å². The number of halogens is 1. The number of nitrogens with one attached hydrogen (secondary N) is 1. The van der Waals surface area contributed by atoms with E-state index in [9.17, 15) is 14.0 Å². The van der Waals surface area contributed by atoms with Crippen molar-refractivity contribution in [3.63, 3.8) is 0 Å². The lowest BCUT2D eigenvalue weighted by atomic mass is 10.1. The number of carbonyl (C=O) groups excluding carboxylic acids is 1. The molecule has 6 heteroatoms. The molecular weight excluding hydrogens is 251 g/mol. The highest BCUT2D eigenvalue weighted by Gasteiger charge is 2.15. The number of amides is 1. The number of rotatable bonds is 8. The summed E-state index contributed by atoms with van der Waals surface area (Å²) < 4.78 is 12.7. The second kappa shape index (κ2) is 7.48. The molecule has 104 valence electrons. The van der Waals surface area contributed by atoms with Crippen LogP contribution in [0.4, 0.5) is 4.39 Å². The number of nitrogens with two attached hydrogens (primary N) is 1. The molecule has 5 nitrogen and oxygen atoms in total. The molecule has 0 heterocycles. The molecule has 19 heavy (non-hydrogen) atoms. The van der Waals surface area contributed by atoms with Gasteiger partial charge in [-0.3, -0.25) is 9.59 Å². The van der Waals surface area contributed by atoms with Crippen LogP contribution in [-0.2, 0) is 16.0 Å². The molecule has 1 aromatic carbocycles. The summed E-state index contributed by atoms with van der Waals surface area (Å²) in [5, 5.41) is 11.5. The zero-order valence-corrected chi connectivity index (χ0v) is 10.4. The van der Waals surface area contributed by atoms with Gasteiger partial charge in [0.1, 0.15) is 5.82 Å². The number of benzene rings is 1. The third-order valence-corrected chi connectivity index (χ3v) is 2.71. The molecule has 1 rings (SSSR count). The number of hydrogen-bond donors (Lipinski definition) is 3. The van der Waals surface area contributed by atoms with Gasteiger partial charge in [-0.15, -0.1) is 0 Å². The highest BCUT2D eigenvalue weighted by Crippen LogP contribution is 2.03. The van der Waals surface area contributed by atoms with Crippen molar-refractivity contribution in [3.8, 4) is 0 Å². The first-order valence-electron chi connectivity index (χ1n) is 5.98. The second-order valence-electron chi connectivity index (χ2n) is 4.22. The summed E-state index contributed by atoms with van der Waals surface area (Å²) >= 11 is 0. The average molecular weight is 268 g/mol. The van der Waals surface area contributed by atoms with E-state index >= 15 is 0 Å². The van der Waals surface area contributed by atoms with Gasteiger partial charge in [0.15, 0.2) is 0 Å². The fourth-order valence-electron chi connectivity index (χ4n) is 1.65. The number of carboxylic acid groups (broad SMARTS) is 1. The lowest BCUT2D eigenvalue weighted by Gasteiger charge is -2.14. The van der Waals surface area contributed by atoms with E-state index in [2.05, 4.69) is 5.32 Å². The summed E-state index contributed by atoms with van der Waals surface area (Å²) in [4.78, 5) is 21.6. The smallest absolute Gasteiger partial charge is 0.303 e. The molecule has 1 atom stereocenters. The van der Waals surface area contributed by atoms with Gasteiger partial charge in [-0.1, -0.05) is 12.1 Å². The standard InChI is InChI=1S/C13H17FN2O3/c14-10-3-1-9(2-4-10)7-8-16-11(13(15)19)5-6-12(17)18/h1-4,11,16H,5-8H2,(H2,15,19)(H,17,18)/t11-/m0/s1. The maximum atomic E-state index is 12.7. The number of primary amides is 1. The minimum atomic E-state index is -0.966. The van der Waals surface area contributed by atoms with E-state index in [4.69, 9.17) is 10.8 Å². The first kappa shape index (κ1) is 15.1. The third-order valence-electron chi connectivity index (χ3n) is 2.71. The maximum Gasteiger partial charge on any atom is 0.303 e. The van der Waals surface area contributed by atoms with Crippen molar-refractivity contribution in [1.29, 1.82) is 0 Å². The normalized spacial score (nSPS) is 12.1. The van der Waals surface area contributed by atoms with Crippen LogP contribution < -0.4 is 11.1 Å². The molecule has 1 amide bonds. The van der Waals surface area contributed by atoms with Crippen LogP contribution in [0.2, 0.25) is 0 Å². The number of carbonyl (C=O) groups is 2. The minimum Gasteiger partial charge on any atom is -0.481 e. The van der Waals surface area contributed by atoms with E-state index in [-0.39, 0.29) is 18.7 Å². The molecule has 0 bridgehead atoms. The fourth-order valence-corrected chi connectivity index (χ4v) is 1.65. The molecule has 0 fully saturated rings. The Morgan fingerprint density at radius 1 is 1.32 bits per heavy atom. The van der Waals surface area contributed by atoms with E-state index in [0.717, 1.165) is 5.56 Å². The second-order valence-corrected chi connectivity index (χ2v) is 4.22. The van der Waals surface area contributed by atoms with Crippen LogP contribution in [0.5, 0.6) is 0 Å². The van der Waals surface area contributed by atoms with Gasteiger partial charge in [-0.05, 0) is 37.1 Å². The van der Waals surface area contributed by atoms with Crippen molar-refractivity contribution < 1.29 is 19.1 Å². The van der Waals surface area contributed by atoms with Crippen molar-refractivity contribution in [1.82, 2.24) is 5.32 Å². The van der Waals surface area contributed by atoms with Crippen LogP contribution in [0.15, 0.2) is 24.3 Å². The molecule has 0 saturated heterocycles. The predicted octanol–water partition coefficient (Wildman–Crippen LogP) is 0.676. The van der Waals surface area contributed by atoms with Gasteiger partial charge in [0.05, 0.1) is 6.04 Å². The Morgan fingerprint density at radius 3 is 2.47 bits per heavy atom. The van der Waals surface area contributed by atoms with Crippen molar-refractivity contribution in [3.05, 3.63) is 35.6 Å². The highest BCUT2D eigenvalue weighted by atomic mass is 19.1. The van der Waals surface area contributed by atoms with Gasteiger partial charge >= 0.3 is 5.97 Å². The molecule has 0 aliphatic carbocycles. The van der Waals surface area contributed by atoms with Gasteiger partial charge in [0.2, 0.25) is 5.91 Å². The summed E-state index contributed by atoms with van der Waals surface area (Å²) in [6, 6.07) is 5.40. The van der Waals surface area contributed by atoms with Gasteiger partial charge in [-0.25, -0.2) is 4.39 Å². The van der Waals surface area contributed by atoms with Gasteiger partial charge in [0.25, 0.3) is 0 Å². The van der Waals surface area contributed by atoms with Crippen molar-refractivity contribution >= 4 is 11.9 Å². The van der Waals surface area contributed by atoms with Crippen LogP contribution in [0.25, 0.3) is 0 Å². The van der Waals surface area contributed by atoms with E-state index in [1.165, 1.54) is 12.1 Å². The first-order chi connectivity index (χ1) is 8.99. The van der Waals surface area contributed by atoms with Crippen LogP contribution in [0.3, 0.4) is 0 Å². The Morgan fingerprint density at radius 2 is 1.95 bits per heavy atom. The molecule has 0 aliphatic heterocycles. The van der Waals surface area contributed by atoms with E-state index in [1.807, 2.05) is 0 Å². The Balaban J connectivity index is 2.37. The first-order valence-corrected chi connectivity index (χ1v) is 5.98. The summed E-state index contributed by atoms with van der Waals surface area (Å²) in [6.45, 7) is 0.471. The number of aliphatic carboxylic acids is 1. The van der Waals surface area contributed by atoms with Crippen LogP contribution in [0.1, 0.15) is 18.4 Å². The Bertz CT molecular complexity index is 434. The molecule has 0 aliphatic rings. The highest BCUT2D eigenvalue weighted by molar-refractivity contribution is 5.80. The lowest BCUT2D eigenvalue weighted by Crippen LogP contribution is -2.42. The zero-order valence-electron chi connectivity index (χ0n) is 10.4. The molecule has 4 N–H and O–H groups in total. The molecule has 0 radical (unpaired) electrons. The Kier molecular flexibility index (Phi) is 5.95. The monoisotopic (exact) mass is 268 g/mol. The quantitative estimate of drug-likeness (QED) is 0.646. The van der Waals surface area contributed by atoms with Crippen molar-refractivity contribution in [2.45, 2.75) is 25.3 Å². The number of hydrogen-bond acceptors (Lipinski definition) is 3. The SMILES string of the molecule is NC(=O)[C@H](CCC(=O)O)NCCc1ccc(F)cc1. The van der Waals surface area contributed by atoms with Gasteiger partial charge in [-0.2, -0.15) is 0 Å². The largest absolute Gasteiger partial charge is 0.481 e. The summed E-state index contributed by atoms with van der Waals surface area (Å²) in [6.07, 6.45) is 0.655. The Labute approximate surface area is 110 Å². The minimum absolute atomic E-state index is 0.114. The average Bonchev–Trinajstić information content (AvgIpc) is 2.35. The molecule has 0 saturated carbocycles.